The van der Waals surface area contributed by atoms with Gasteiger partial charge in [-0.2, -0.15) is 0 Å². The fourth-order valence-electron chi connectivity index (χ4n) is 1.65. The summed E-state index contributed by atoms with van der Waals surface area (Å²) in [5.41, 5.74) is 7.57. The summed E-state index contributed by atoms with van der Waals surface area (Å²) < 4.78 is 4.84. The van der Waals surface area contributed by atoms with E-state index in [4.69, 9.17) is 10.5 Å². The smallest absolute Gasteiger partial charge is 0.259 e. The molecular formula is C11H12N2O3. The minimum absolute atomic E-state index is 0.0695. The predicted octanol–water partition coefficient (Wildman–Crippen LogP) is 0.467. The van der Waals surface area contributed by atoms with Crippen molar-refractivity contribution in [3.8, 4) is 0 Å². The summed E-state index contributed by atoms with van der Waals surface area (Å²) in [4.78, 5) is 24.4. The van der Waals surface area contributed by atoms with Gasteiger partial charge in [0.15, 0.2) is 0 Å². The van der Waals surface area contributed by atoms with Gasteiger partial charge in [0.25, 0.3) is 11.8 Å². The second kappa shape index (κ2) is 3.94. The van der Waals surface area contributed by atoms with Crippen LogP contribution >= 0.6 is 0 Å². The molecule has 16 heavy (non-hydrogen) atoms. The number of benzene rings is 1. The number of rotatable bonds is 1. The number of hydrogen-bond donors (Lipinski definition) is 1. The lowest BCUT2D eigenvalue weighted by Gasteiger charge is -2.26. The molecule has 5 nitrogen and oxygen atoms in total. The lowest BCUT2D eigenvalue weighted by atomic mass is 10.1. The minimum Gasteiger partial charge on any atom is -0.398 e. The van der Waals surface area contributed by atoms with Crippen LogP contribution in [0.2, 0.25) is 0 Å². The first-order valence-electron chi connectivity index (χ1n) is 4.90. The Bertz CT molecular complexity index is 441. The molecule has 1 aromatic rings. The Morgan fingerprint density at radius 3 is 2.50 bits per heavy atom. The molecule has 0 unspecified atom stereocenters. The third-order valence-electron chi connectivity index (χ3n) is 2.54. The topological polar surface area (TPSA) is 72.6 Å². The maximum atomic E-state index is 11.6. The number of imide groups is 1. The van der Waals surface area contributed by atoms with E-state index in [1.807, 2.05) is 0 Å². The van der Waals surface area contributed by atoms with Crippen LogP contribution in [-0.4, -0.2) is 25.0 Å². The number of amides is 2. The first-order valence-corrected chi connectivity index (χ1v) is 4.90. The van der Waals surface area contributed by atoms with Gasteiger partial charge in [-0.15, -0.1) is 0 Å². The second-order valence-electron chi connectivity index (χ2n) is 3.61. The zero-order valence-corrected chi connectivity index (χ0v) is 8.90. The van der Waals surface area contributed by atoms with E-state index in [-0.39, 0.29) is 25.0 Å². The van der Waals surface area contributed by atoms with Gasteiger partial charge in [0, 0.05) is 5.69 Å². The van der Waals surface area contributed by atoms with Crippen molar-refractivity contribution in [3.63, 3.8) is 0 Å². The molecule has 0 radical (unpaired) electrons. The van der Waals surface area contributed by atoms with Crippen LogP contribution in [0.1, 0.15) is 5.56 Å². The number of hydrogen-bond acceptors (Lipinski definition) is 4. The number of carbonyl (C=O) groups excluding carboxylic acids is 2. The molecule has 5 heteroatoms. The Morgan fingerprint density at radius 2 is 1.88 bits per heavy atom. The van der Waals surface area contributed by atoms with Crippen molar-refractivity contribution in [2.45, 2.75) is 6.92 Å². The summed E-state index contributed by atoms with van der Waals surface area (Å²) in [7, 11) is 0. The molecule has 2 N–H and O–H groups in total. The third kappa shape index (κ3) is 1.65. The molecular weight excluding hydrogens is 208 g/mol. The Hall–Kier alpha value is -1.88. The first kappa shape index (κ1) is 10.6. The molecule has 1 aromatic carbocycles. The van der Waals surface area contributed by atoms with E-state index in [1.165, 1.54) is 0 Å². The van der Waals surface area contributed by atoms with E-state index in [9.17, 15) is 9.59 Å². The van der Waals surface area contributed by atoms with Gasteiger partial charge in [-0.05, 0) is 24.6 Å². The Kier molecular flexibility index (Phi) is 2.62. The molecule has 0 aliphatic carbocycles. The van der Waals surface area contributed by atoms with Crippen LogP contribution in [0.3, 0.4) is 0 Å². The number of nitrogens with two attached hydrogens (primary N) is 1. The molecule has 1 aliphatic heterocycles. The van der Waals surface area contributed by atoms with E-state index in [2.05, 4.69) is 0 Å². The summed E-state index contributed by atoms with van der Waals surface area (Å²) in [6.07, 6.45) is 0. The number of ether oxygens (including phenoxy) is 1. The zero-order valence-electron chi connectivity index (χ0n) is 8.90. The highest BCUT2D eigenvalue weighted by molar-refractivity contribution is 6.17. The number of nitrogens with zero attached hydrogens (tertiary/aromatic N) is 1. The van der Waals surface area contributed by atoms with Crippen molar-refractivity contribution < 1.29 is 14.3 Å². The van der Waals surface area contributed by atoms with Crippen LogP contribution in [0.15, 0.2) is 18.2 Å². The fraction of sp³-hybridized carbons (Fsp3) is 0.273. The highest BCUT2D eigenvalue weighted by atomic mass is 16.5. The molecule has 1 aliphatic rings. The van der Waals surface area contributed by atoms with E-state index in [0.29, 0.717) is 11.4 Å². The van der Waals surface area contributed by atoms with Gasteiger partial charge in [0.1, 0.15) is 13.2 Å². The third-order valence-corrected chi connectivity index (χ3v) is 2.54. The number of morpholine rings is 1. The van der Waals surface area contributed by atoms with Crippen molar-refractivity contribution in [2.75, 3.05) is 23.8 Å². The van der Waals surface area contributed by atoms with Gasteiger partial charge in [-0.3, -0.25) is 9.59 Å². The van der Waals surface area contributed by atoms with Gasteiger partial charge >= 0.3 is 0 Å². The average molecular weight is 220 g/mol. The van der Waals surface area contributed by atoms with Crippen molar-refractivity contribution in [2.24, 2.45) is 0 Å². The highest BCUT2D eigenvalue weighted by Gasteiger charge is 2.29. The Labute approximate surface area is 92.8 Å². The van der Waals surface area contributed by atoms with Gasteiger partial charge in [-0.25, -0.2) is 4.90 Å². The SMILES string of the molecule is Cc1c(N)cccc1N1C(=O)COCC1=O. The van der Waals surface area contributed by atoms with Gasteiger partial charge in [-0.1, -0.05) is 6.07 Å². The summed E-state index contributed by atoms with van der Waals surface area (Å²) >= 11 is 0. The molecule has 1 saturated heterocycles. The largest absolute Gasteiger partial charge is 0.398 e. The lowest BCUT2D eigenvalue weighted by Crippen LogP contribution is -2.46. The fourth-order valence-corrected chi connectivity index (χ4v) is 1.65. The maximum Gasteiger partial charge on any atom is 0.259 e. The maximum absolute atomic E-state index is 11.6. The number of carbonyl (C=O) groups is 2. The summed E-state index contributed by atoms with van der Waals surface area (Å²) in [5, 5.41) is 0. The van der Waals surface area contributed by atoms with Gasteiger partial charge in [0.05, 0.1) is 5.69 Å². The van der Waals surface area contributed by atoms with Crippen LogP contribution in [0, 0.1) is 6.92 Å². The highest BCUT2D eigenvalue weighted by Crippen LogP contribution is 2.26. The van der Waals surface area contributed by atoms with Crippen LogP contribution in [0.5, 0.6) is 0 Å². The monoisotopic (exact) mass is 220 g/mol. The molecule has 0 bridgehead atoms. The first-order chi connectivity index (χ1) is 7.61. The molecule has 2 amide bonds. The van der Waals surface area contributed by atoms with Gasteiger partial charge in [0.2, 0.25) is 0 Å². The van der Waals surface area contributed by atoms with E-state index in [1.54, 1.807) is 25.1 Å². The van der Waals surface area contributed by atoms with Crippen LogP contribution in [0.25, 0.3) is 0 Å². The number of anilines is 2. The van der Waals surface area contributed by atoms with Crippen molar-refractivity contribution in [3.05, 3.63) is 23.8 Å². The van der Waals surface area contributed by atoms with E-state index < -0.39 is 0 Å². The van der Waals surface area contributed by atoms with Crippen LogP contribution < -0.4 is 10.6 Å². The normalized spacial score (nSPS) is 16.7. The lowest BCUT2D eigenvalue weighted by molar-refractivity contribution is -0.138. The van der Waals surface area contributed by atoms with E-state index in [0.717, 1.165) is 10.5 Å². The molecule has 1 fully saturated rings. The molecule has 0 aromatic heterocycles. The minimum atomic E-state index is -0.357. The van der Waals surface area contributed by atoms with Gasteiger partial charge < -0.3 is 10.5 Å². The molecule has 2 rings (SSSR count). The van der Waals surface area contributed by atoms with Crippen LogP contribution in [-0.2, 0) is 14.3 Å². The molecule has 0 atom stereocenters. The molecule has 0 spiro atoms. The summed E-state index contributed by atoms with van der Waals surface area (Å²) in [6, 6.07) is 5.15. The quantitative estimate of drug-likeness (QED) is 0.551. The van der Waals surface area contributed by atoms with Crippen molar-refractivity contribution in [1.82, 2.24) is 0 Å². The number of nitrogen functional groups attached to an aromatic ring is 1. The van der Waals surface area contributed by atoms with Crippen molar-refractivity contribution >= 4 is 23.2 Å². The molecule has 84 valence electrons. The zero-order chi connectivity index (χ0) is 11.7. The Morgan fingerprint density at radius 1 is 1.25 bits per heavy atom. The van der Waals surface area contributed by atoms with Crippen LogP contribution in [0.4, 0.5) is 11.4 Å². The van der Waals surface area contributed by atoms with Crippen molar-refractivity contribution in [1.29, 1.82) is 0 Å². The molecule has 0 saturated carbocycles. The second-order valence-corrected chi connectivity index (χ2v) is 3.61. The molecule has 1 heterocycles. The summed E-state index contributed by atoms with van der Waals surface area (Å²) in [5.74, 6) is -0.713. The average Bonchev–Trinajstić information content (AvgIpc) is 2.24. The standard InChI is InChI=1S/C11H12N2O3/c1-7-8(12)3-2-4-9(7)13-10(14)5-16-6-11(13)15/h2-4H,5-6,12H2,1H3. The predicted molar refractivity (Wildman–Crippen MR) is 58.9 cm³/mol. The Balaban J connectivity index is 2.46. The van der Waals surface area contributed by atoms with E-state index >= 15 is 0 Å². The summed E-state index contributed by atoms with van der Waals surface area (Å²) in [6.45, 7) is 1.64.